The predicted molar refractivity (Wildman–Crippen MR) is 105 cm³/mol. The Morgan fingerprint density at radius 1 is 0.926 bits per heavy atom. The third-order valence-electron chi connectivity index (χ3n) is 4.67. The summed E-state index contributed by atoms with van der Waals surface area (Å²) in [7, 11) is -1.76. The summed E-state index contributed by atoms with van der Waals surface area (Å²) in [6, 6.07) is 20.1. The second-order valence-electron chi connectivity index (χ2n) is 6.24. The molecule has 3 aromatic carbocycles. The number of allylic oxidation sites excluding steroid dienone is 1. The molecule has 1 atom stereocenters. The number of hydrogen-bond donors (Lipinski definition) is 0. The highest BCUT2D eigenvalue weighted by atomic mass is 31.2. The van der Waals surface area contributed by atoms with Gasteiger partial charge in [0.05, 0.1) is 0 Å². The number of rotatable bonds is 1. The summed E-state index contributed by atoms with van der Waals surface area (Å²) < 4.78 is 23.7. The molecule has 0 fully saturated rings. The van der Waals surface area contributed by atoms with Gasteiger partial charge in [-0.3, -0.25) is 0 Å². The molecule has 1 heterocycles. The molecule has 0 saturated heterocycles. The Morgan fingerprint density at radius 3 is 2.70 bits per heavy atom. The fraction of sp³-hybridized carbons (Fsp3) is 0.0909. The van der Waals surface area contributed by atoms with Crippen molar-refractivity contribution in [1.29, 1.82) is 0 Å². The molecule has 3 aromatic rings. The molecular formula is C22H15O4P. The molecule has 0 amide bonds. The quantitative estimate of drug-likeness (QED) is 0.400. The second kappa shape index (κ2) is 6.54. The van der Waals surface area contributed by atoms with Crippen molar-refractivity contribution in [1.82, 2.24) is 0 Å². The van der Waals surface area contributed by atoms with Gasteiger partial charge in [0.25, 0.3) is 0 Å². The number of terminal acetylenes is 1. The zero-order valence-electron chi connectivity index (χ0n) is 14.3. The van der Waals surface area contributed by atoms with E-state index in [0.29, 0.717) is 29.4 Å². The normalized spacial score (nSPS) is 17.7. The molecule has 5 heteroatoms. The number of aryl methyl sites for hydroxylation is 1. The molecule has 0 bridgehead atoms. The number of fused-ring (bicyclic) bond motifs is 5. The van der Waals surface area contributed by atoms with Gasteiger partial charge in [0.2, 0.25) is 0 Å². The van der Waals surface area contributed by atoms with Gasteiger partial charge < -0.3 is 18.3 Å². The van der Waals surface area contributed by atoms with Gasteiger partial charge in [-0.1, -0.05) is 61.0 Å². The molecule has 5 rings (SSSR count). The lowest BCUT2D eigenvalue weighted by molar-refractivity contribution is 0.287. The van der Waals surface area contributed by atoms with Gasteiger partial charge >= 0.3 is 8.60 Å². The molecule has 1 unspecified atom stereocenters. The van der Waals surface area contributed by atoms with E-state index in [0.717, 1.165) is 22.8 Å². The minimum atomic E-state index is -1.76. The van der Waals surface area contributed by atoms with Gasteiger partial charge in [-0.2, -0.15) is 0 Å². The van der Waals surface area contributed by atoms with Gasteiger partial charge in [0.1, 0.15) is 6.11 Å². The van der Waals surface area contributed by atoms with Crippen LogP contribution in [0.15, 0.2) is 66.4 Å². The van der Waals surface area contributed by atoms with E-state index in [1.165, 1.54) is 5.56 Å². The average Bonchev–Trinajstić information content (AvgIpc) is 2.69. The molecule has 2 aliphatic rings. The van der Waals surface area contributed by atoms with Crippen molar-refractivity contribution in [3.05, 3.63) is 77.5 Å². The summed E-state index contributed by atoms with van der Waals surface area (Å²) in [6.07, 6.45) is 9.08. The Bertz CT molecular complexity index is 1110. The SMILES string of the molecule is C#COP1OC2=C(Oc3c(ccc4ccccc34)O1)c1ccccc1CC2. The van der Waals surface area contributed by atoms with Crippen molar-refractivity contribution in [2.75, 3.05) is 0 Å². The van der Waals surface area contributed by atoms with E-state index < -0.39 is 8.60 Å². The van der Waals surface area contributed by atoms with Gasteiger partial charge in [-0.05, 0) is 23.4 Å². The highest BCUT2D eigenvalue weighted by Crippen LogP contribution is 2.52. The predicted octanol–water partition coefficient (Wildman–Crippen LogP) is 5.78. The Labute approximate surface area is 158 Å². The van der Waals surface area contributed by atoms with Crippen LogP contribution in [0.4, 0.5) is 0 Å². The smallest absolute Gasteiger partial charge is 0.449 e. The second-order valence-corrected chi connectivity index (χ2v) is 7.24. The minimum absolute atomic E-state index is 0.546. The van der Waals surface area contributed by atoms with Crippen LogP contribution in [0.2, 0.25) is 0 Å². The van der Waals surface area contributed by atoms with E-state index in [2.05, 4.69) is 12.2 Å². The van der Waals surface area contributed by atoms with E-state index in [1.807, 2.05) is 54.6 Å². The summed E-state index contributed by atoms with van der Waals surface area (Å²) in [5.41, 5.74) is 2.25. The molecule has 132 valence electrons. The largest absolute Gasteiger partial charge is 0.539 e. The highest BCUT2D eigenvalue weighted by Gasteiger charge is 2.32. The van der Waals surface area contributed by atoms with Crippen molar-refractivity contribution in [2.45, 2.75) is 12.8 Å². The van der Waals surface area contributed by atoms with Crippen LogP contribution in [0.5, 0.6) is 11.5 Å². The first-order valence-corrected chi connectivity index (χ1v) is 9.72. The van der Waals surface area contributed by atoms with E-state index in [4.69, 9.17) is 24.7 Å². The van der Waals surface area contributed by atoms with Crippen molar-refractivity contribution in [3.8, 4) is 24.0 Å². The molecule has 0 saturated carbocycles. The average molecular weight is 374 g/mol. The van der Waals surface area contributed by atoms with Crippen LogP contribution in [0, 0.1) is 12.5 Å². The van der Waals surface area contributed by atoms with Gasteiger partial charge in [-0.25, -0.2) is 0 Å². The Hall–Kier alpha value is -3.15. The summed E-state index contributed by atoms with van der Waals surface area (Å²) >= 11 is 0. The fourth-order valence-electron chi connectivity index (χ4n) is 3.44. The van der Waals surface area contributed by atoms with E-state index in [-0.39, 0.29) is 0 Å². The summed E-state index contributed by atoms with van der Waals surface area (Å²) in [5, 5.41) is 2.03. The van der Waals surface area contributed by atoms with Crippen LogP contribution in [0.3, 0.4) is 0 Å². The number of benzene rings is 3. The van der Waals surface area contributed by atoms with Crippen molar-refractivity contribution in [2.24, 2.45) is 0 Å². The Morgan fingerprint density at radius 2 is 1.78 bits per heavy atom. The highest BCUT2D eigenvalue weighted by molar-refractivity contribution is 7.42. The maximum absolute atomic E-state index is 6.44. The van der Waals surface area contributed by atoms with Gasteiger partial charge in [-0.15, -0.1) is 0 Å². The third kappa shape index (κ3) is 2.77. The monoisotopic (exact) mass is 374 g/mol. The van der Waals surface area contributed by atoms with Crippen LogP contribution in [0.25, 0.3) is 16.5 Å². The lowest BCUT2D eigenvalue weighted by Gasteiger charge is -2.28. The first-order chi connectivity index (χ1) is 13.3. The van der Waals surface area contributed by atoms with Crippen LogP contribution in [0.1, 0.15) is 17.5 Å². The third-order valence-corrected chi connectivity index (χ3v) is 5.64. The number of ether oxygens (including phenoxy) is 1. The van der Waals surface area contributed by atoms with E-state index in [9.17, 15) is 0 Å². The van der Waals surface area contributed by atoms with E-state index >= 15 is 0 Å². The van der Waals surface area contributed by atoms with Crippen LogP contribution < -0.4 is 9.26 Å². The van der Waals surface area contributed by atoms with Crippen molar-refractivity contribution < 1.29 is 18.3 Å². The van der Waals surface area contributed by atoms with Crippen LogP contribution in [-0.4, -0.2) is 0 Å². The topological polar surface area (TPSA) is 36.9 Å². The van der Waals surface area contributed by atoms with Gasteiger partial charge in [0, 0.05) is 17.4 Å². The Kier molecular flexibility index (Phi) is 3.89. The molecule has 0 spiro atoms. The minimum Gasteiger partial charge on any atom is -0.449 e. The summed E-state index contributed by atoms with van der Waals surface area (Å²) in [5.74, 6) is 2.60. The molecule has 0 radical (unpaired) electrons. The molecule has 0 N–H and O–H groups in total. The summed E-state index contributed by atoms with van der Waals surface area (Å²) in [4.78, 5) is 0. The Balaban J connectivity index is 1.73. The van der Waals surface area contributed by atoms with Crippen molar-refractivity contribution in [3.63, 3.8) is 0 Å². The van der Waals surface area contributed by atoms with E-state index in [1.54, 1.807) is 0 Å². The molecular weight excluding hydrogens is 359 g/mol. The van der Waals surface area contributed by atoms with Gasteiger partial charge in [0.15, 0.2) is 23.0 Å². The maximum Gasteiger partial charge on any atom is 0.539 e. The molecule has 1 aliphatic carbocycles. The lowest BCUT2D eigenvalue weighted by atomic mass is 9.94. The molecule has 27 heavy (non-hydrogen) atoms. The zero-order valence-corrected chi connectivity index (χ0v) is 15.2. The maximum atomic E-state index is 6.44. The van der Waals surface area contributed by atoms with Crippen LogP contribution in [-0.2, 0) is 15.5 Å². The zero-order chi connectivity index (χ0) is 18.2. The molecule has 1 aliphatic heterocycles. The number of hydrogen-bond acceptors (Lipinski definition) is 4. The first-order valence-electron chi connectivity index (χ1n) is 8.63. The van der Waals surface area contributed by atoms with Crippen LogP contribution >= 0.6 is 8.60 Å². The summed E-state index contributed by atoms with van der Waals surface area (Å²) in [6.45, 7) is 0. The standard InChI is InChI=1S/C22H15O4P/c1-2-23-27-25-19-13-11-15-7-3-5-9-17(15)21(19)24-22-18-10-6-4-8-16(18)12-14-20(22)26-27/h1,3-11,13H,12,14H2. The fourth-order valence-corrected chi connectivity index (χ4v) is 4.30. The molecule has 4 nitrogen and oxygen atoms in total. The van der Waals surface area contributed by atoms with Crippen molar-refractivity contribution >= 4 is 25.1 Å². The molecule has 0 aromatic heterocycles. The first kappa shape index (κ1) is 16.1. The lowest BCUT2D eigenvalue weighted by Crippen LogP contribution is -2.13.